The van der Waals surface area contributed by atoms with E-state index in [-0.39, 0.29) is 23.5 Å². The second-order valence-electron chi connectivity index (χ2n) is 6.12. The molecule has 8 heteroatoms. The van der Waals surface area contributed by atoms with Crippen molar-refractivity contribution in [3.05, 3.63) is 52.8 Å². The van der Waals surface area contributed by atoms with E-state index in [1.54, 1.807) is 18.3 Å². The number of aryl methyl sites for hydroxylation is 1. The number of rotatable bonds is 4. The standard InChI is InChI=1S/C17H18ClN3O3S/c1-11-6-13(18)2-3-16(11)20-15-7-12(8-19-9-15)17(22)21-14-4-5-25(23,24)10-14/h2-3,6-9,14,20H,4-5,10H2,1H3,(H,21,22). The summed E-state index contributed by atoms with van der Waals surface area (Å²) in [6.07, 6.45) is 3.52. The van der Waals surface area contributed by atoms with Gasteiger partial charge in [-0.05, 0) is 43.2 Å². The highest BCUT2D eigenvalue weighted by atomic mass is 35.5. The number of carbonyl (C=O) groups is 1. The molecule has 3 rings (SSSR count). The Morgan fingerprint density at radius 1 is 1.28 bits per heavy atom. The number of sulfone groups is 1. The Morgan fingerprint density at radius 3 is 2.76 bits per heavy atom. The van der Waals surface area contributed by atoms with Gasteiger partial charge in [0.05, 0.1) is 29.0 Å². The lowest BCUT2D eigenvalue weighted by Crippen LogP contribution is -2.35. The quantitative estimate of drug-likeness (QED) is 0.852. The predicted octanol–water partition coefficient (Wildman–Crippen LogP) is 2.70. The molecule has 2 heterocycles. The van der Waals surface area contributed by atoms with Crippen molar-refractivity contribution in [3.63, 3.8) is 0 Å². The molecule has 1 fully saturated rings. The second kappa shape index (κ2) is 7.01. The molecule has 1 unspecified atom stereocenters. The van der Waals surface area contributed by atoms with Crippen LogP contribution in [0.15, 0.2) is 36.7 Å². The molecule has 1 aliphatic rings. The summed E-state index contributed by atoms with van der Waals surface area (Å²) in [7, 11) is -3.03. The third-order valence-corrected chi connectivity index (χ3v) is 6.04. The summed E-state index contributed by atoms with van der Waals surface area (Å²) in [5.41, 5.74) is 2.88. The first-order valence-corrected chi connectivity index (χ1v) is 10.0. The normalized spacial score (nSPS) is 18.7. The van der Waals surface area contributed by atoms with Crippen molar-refractivity contribution in [1.82, 2.24) is 10.3 Å². The van der Waals surface area contributed by atoms with Crippen molar-refractivity contribution in [3.8, 4) is 0 Å². The number of hydrogen-bond donors (Lipinski definition) is 2. The monoisotopic (exact) mass is 379 g/mol. The molecule has 0 radical (unpaired) electrons. The number of hydrogen-bond acceptors (Lipinski definition) is 5. The van der Waals surface area contributed by atoms with Crippen LogP contribution in [0.25, 0.3) is 0 Å². The lowest BCUT2D eigenvalue weighted by Gasteiger charge is -2.13. The maximum atomic E-state index is 12.3. The molecule has 1 saturated heterocycles. The molecule has 1 aliphatic heterocycles. The molecule has 132 valence electrons. The fourth-order valence-corrected chi connectivity index (χ4v) is 4.63. The average Bonchev–Trinajstić information content (AvgIpc) is 2.89. The zero-order chi connectivity index (χ0) is 18.0. The summed E-state index contributed by atoms with van der Waals surface area (Å²) in [6, 6.07) is 6.82. The minimum absolute atomic E-state index is 0.00587. The Bertz CT molecular complexity index is 915. The Morgan fingerprint density at radius 2 is 2.08 bits per heavy atom. The number of benzene rings is 1. The van der Waals surface area contributed by atoms with E-state index < -0.39 is 9.84 Å². The Labute approximate surface area is 151 Å². The molecule has 1 amide bonds. The molecule has 0 bridgehead atoms. The summed E-state index contributed by atoms with van der Waals surface area (Å²) in [5.74, 6) is -0.215. The van der Waals surface area contributed by atoms with E-state index in [2.05, 4.69) is 15.6 Å². The van der Waals surface area contributed by atoms with Crippen LogP contribution in [0.4, 0.5) is 11.4 Å². The molecule has 0 aliphatic carbocycles. The summed E-state index contributed by atoms with van der Waals surface area (Å²) in [5, 5.41) is 6.62. The first-order valence-electron chi connectivity index (χ1n) is 7.82. The zero-order valence-corrected chi connectivity index (χ0v) is 15.2. The molecule has 1 aromatic carbocycles. The van der Waals surface area contributed by atoms with Gasteiger partial charge in [-0.25, -0.2) is 8.42 Å². The average molecular weight is 380 g/mol. The van der Waals surface area contributed by atoms with E-state index in [9.17, 15) is 13.2 Å². The van der Waals surface area contributed by atoms with Crippen LogP contribution in [-0.2, 0) is 9.84 Å². The maximum Gasteiger partial charge on any atom is 0.253 e. The highest BCUT2D eigenvalue weighted by Gasteiger charge is 2.29. The van der Waals surface area contributed by atoms with Crippen LogP contribution in [0.5, 0.6) is 0 Å². The van der Waals surface area contributed by atoms with Gasteiger partial charge in [-0.2, -0.15) is 0 Å². The summed E-state index contributed by atoms with van der Waals surface area (Å²) >= 11 is 5.95. The van der Waals surface area contributed by atoms with Crippen molar-refractivity contribution in [2.24, 2.45) is 0 Å². The van der Waals surface area contributed by atoms with E-state index in [1.165, 1.54) is 6.20 Å². The molecule has 0 saturated carbocycles. The van der Waals surface area contributed by atoms with Gasteiger partial charge in [-0.1, -0.05) is 11.6 Å². The molecule has 1 atom stereocenters. The molecule has 0 spiro atoms. The number of pyridine rings is 1. The number of halogens is 1. The van der Waals surface area contributed by atoms with Gasteiger partial charge in [0, 0.05) is 22.9 Å². The first-order chi connectivity index (χ1) is 11.8. The van der Waals surface area contributed by atoms with E-state index in [4.69, 9.17) is 11.6 Å². The number of nitrogens with one attached hydrogen (secondary N) is 2. The molecule has 25 heavy (non-hydrogen) atoms. The highest BCUT2D eigenvalue weighted by molar-refractivity contribution is 7.91. The van der Waals surface area contributed by atoms with Crippen molar-refractivity contribution in [1.29, 1.82) is 0 Å². The Kier molecular flexibility index (Phi) is 4.96. The third-order valence-electron chi connectivity index (χ3n) is 4.04. The molecule has 2 aromatic rings. The minimum atomic E-state index is -3.03. The van der Waals surface area contributed by atoms with Crippen LogP contribution >= 0.6 is 11.6 Å². The van der Waals surface area contributed by atoms with E-state index in [0.29, 0.717) is 22.7 Å². The van der Waals surface area contributed by atoms with Crippen LogP contribution in [0.3, 0.4) is 0 Å². The third kappa shape index (κ3) is 4.49. The number of anilines is 2. The summed E-state index contributed by atoms with van der Waals surface area (Å²) in [4.78, 5) is 16.4. The molecular formula is C17H18ClN3O3S. The molecule has 2 N–H and O–H groups in total. The molecule has 1 aromatic heterocycles. The smallest absolute Gasteiger partial charge is 0.253 e. The highest BCUT2D eigenvalue weighted by Crippen LogP contribution is 2.23. The zero-order valence-electron chi connectivity index (χ0n) is 13.6. The summed E-state index contributed by atoms with van der Waals surface area (Å²) < 4.78 is 23.0. The number of nitrogens with zero attached hydrogens (tertiary/aromatic N) is 1. The van der Waals surface area contributed by atoms with E-state index in [0.717, 1.165) is 11.3 Å². The predicted molar refractivity (Wildman–Crippen MR) is 98.2 cm³/mol. The molecular weight excluding hydrogens is 362 g/mol. The number of carbonyl (C=O) groups excluding carboxylic acids is 1. The lowest BCUT2D eigenvalue weighted by atomic mass is 10.2. The van der Waals surface area contributed by atoms with Crippen molar-refractivity contribution >= 4 is 38.7 Å². The van der Waals surface area contributed by atoms with Gasteiger partial charge in [0.2, 0.25) is 0 Å². The van der Waals surface area contributed by atoms with Gasteiger partial charge in [-0.15, -0.1) is 0 Å². The van der Waals surface area contributed by atoms with Gasteiger partial charge in [0.15, 0.2) is 9.84 Å². The maximum absolute atomic E-state index is 12.3. The SMILES string of the molecule is Cc1cc(Cl)ccc1Nc1cncc(C(=O)NC2CCS(=O)(=O)C2)c1. The van der Waals surface area contributed by atoms with Crippen LogP contribution in [0.2, 0.25) is 5.02 Å². The fraction of sp³-hybridized carbons (Fsp3) is 0.294. The largest absolute Gasteiger partial charge is 0.354 e. The van der Waals surface area contributed by atoms with Crippen molar-refractivity contribution < 1.29 is 13.2 Å². The van der Waals surface area contributed by atoms with E-state index >= 15 is 0 Å². The topological polar surface area (TPSA) is 88.2 Å². The number of amides is 1. The second-order valence-corrected chi connectivity index (χ2v) is 8.79. The van der Waals surface area contributed by atoms with Gasteiger partial charge in [0.1, 0.15) is 0 Å². The van der Waals surface area contributed by atoms with Gasteiger partial charge in [0.25, 0.3) is 5.91 Å². The van der Waals surface area contributed by atoms with Crippen LogP contribution < -0.4 is 10.6 Å². The van der Waals surface area contributed by atoms with Gasteiger partial charge < -0.3 is 10.6 Å². The van der Waals surface area contributed by atoms with Gasteiger partial charge >= 0.3 is 0 Å². The lowest BCUT2D eigenvalue weighted by molar-refractivity contribution is 0.0941. The van der Waals surface area contributed by atoms with E-state index in [1.807, 2.05) is 19.1 Å². The Hall–Kier alpha value is -2.12. The Balaban J connectivity index is 1.71. The van der Waals surface area contributed by atoms with Crippen LogP contribution in [0, 0.1) is 6.92 Å². The summed E-state index contributed by atoms with van der Waals surface area (Å²) in [6.45, 7) is 1.93. The number of aromatic nitrogens is 1. The van der Waals surface area contributed by atoms with Crippen molar-refractivity contribution in [2.45, 2.75) is 19.4 Å². The molecule has 6 nitrogen and oxygen atoms in total. The van der Waals surface area contributed by atoms with Crippen molar-refractivity contribution in [2.75, 3.05) is 16.8 Å². The fourth-order valence-electron chi connectivity index (χ4n) is 2.73. The first kappa shape index (κ1) is 17.7. The van der Waals surface area contributed by atoms with Crippen LogP contribution in [-0.4, -0.2) is 36.9 Å². The minimum Gasteiger partial charge on any atom is -0.354 e. The van der Waals surface area contributed by atoms with Crippen LogP contribution in [0.1, 0.15) is 22.3 Å². The van der Waals surface area contributed by atoms with Gasteiger partial charge in [-0.3, -0.25) is 9.78 Å².